The maximum Gasteiger partial charge on any atom is 0.281 e. The smallest absolute Gasteiger partial charge is 0.281 e. The zero-order chi connectivity index (χ0) is 29.6. The zero-order valence-electron chi connectivity index (χ0n) is 23.6. The molecule has 1 saturated heterocycles. The highest BCUT2D eigenvalue weighted by molar-refractivity contribution is 7.11. The van der Waals surface area contributed by atoms with Crippen molar-refractivity contribution in [3.05, 3.63) is 79.8 Å². The molecule has 2 aromatic carbocycles. The van der Waals surface area contributed by atoms with E-state index in [9.17, 15) is 14.7 Å². The van der Waals surface area contributed by atoms with Crippen molar-refractivity contribution in [3.63, 3.8) is 0 Å². The van der Waals surface area contributed by atoms with Crippen LogP contribution < -0.4 is 10.9 Å². The second-order valence-electron chi connectivity index (χ2n) is 11.6. The molecule has 2 N–H and O–H groups in total. The number of amides is 1. The number of nitrogens with one attached hydrogen (secondary N) is 1. The van der Waals surface area contributed by atoms with Gasteiger partial charge in [0.25, 0.3) is 5.56 Å². The number of benzene rings is 2. The molecule has 0 bridgehead atoms. The van der Waals surface area contributed by atoms with Gasteiger partial charge in [0.15, 0.2) is 5.52 Å². The first-order valence-electron chi connectivity index (χ1n) is 14.3. The average molecular weight is 627 g/mol. The molecule has 6 rings (SSSR count). The molecular formula is C31H33Cl2N5O3S. The number of aromatic nitrogens is 3. The van der Waals surface area contributed by atoms with Gasteiger partial charge in [-0.1, -0.05) is 42.3 Å². The Balaban J connectivity index is 1.14. The van der Waals surface area contributed by atoms with Crippen LogP contribution in [0.15, 0.2) is 47.5 Å². The minimum absolute atomic E-state index is 0.0569. The maximum absolute atomic E-state index is 13.4. The average Bonchev–Trinajstić information content (AvgIpc) is 3.58. The minimum Gasteiger partial charge on any atom is -0.388 e. The molecule has 1 aliphatic carbocycles. The Morgan fingerprint density at radius 3 is 2.64 bits per heavy atom. The molecule has 42 heavy (non-hydrogen) atoms. The number of hydrogen-bond donors (Lipinski definition) is 2. The number of aliphatic hydroxyl groups is 1. The van der Waals surface area contributed by atoms with Crippen LogP contribution in [0.25, 0.3) is 21.5 Å². The SMILES string of the molecule is CNC1CCc2cc(-c3snc4c(=O)n(CC5(O)CCN(C(=O)CC(C)c6ccc(Cl)cc6)CC5)cnc34)c(Cl)cc21. The third-order valence-electron chi connectivity index (χ3n) is 8.79. The zero-order valence-corrected chi connectivity index (χ0v) is 25.9. The first-order chi connectivity index (χ1) is 20.2. The second-order valence-corrected chi connectivity index (χ2v) is 13.2. The first kappa shape index (κ1) is 29.3. The third-order valence-corrected chi connectivity index (χ3v) is 10.2. The van der Waals surface area contributed by atoms with Crippen molar-refractivity contribution in [2.24, 2.45) is 0 Å². The van der Waals surface area contributed by atoms with E-state index in [2.05, 4.69) is 20.7 Å². The predicted octanol–water partition coefficient (Wildman–Crippen LogP) is 5.58. The van der Waals surface area contributed by atoms with Gasteiger partial charge in [-0.05, 0) is 91.1 Å². The van der Waals surface area contributed by atoms with Gasteiger partial charge in [0.05, 0.1) is 23.4 Å². The molecular weight excluding hydrogens is 593 g/mol. The van der Waals surface area contributed by atoms with Crippen LogP contribution >= 0.6 is 34.7 Å². The van der Waals surface area contributed by atoms with Crippen LogP contribution in [0.4, 0.5) is 0 Å². The highest BCUT2D eigenvalue weighted by atomic mass is 35.5. The van der Waals surface area contributed by atoms with E-state index in [4.69, 9.17) is 23.2 Å². The molecule has 2 aromatic heterocycles. The van der Waals surface area contributed by atoms with Crippen LogP contribution in [0.1, 0.15) is 61.3 Å². The molecule has 1 amide bonds. The number of aryl methyl sites for hydroxylation is 1. The van der Waals surface area contributed by atoms with Crippen molar-refractivity contribution in [2.75, 3.05) is 20.1 Å². The summed E-state index contributed by atoms with van der Waals surface area (Å²) < 4.78 is 5.90. The fraction of sp³-hybridized carbons (Fsp3) is 0.419. The van der Waals surface area contributed by atoms with E-state index >= 15 is 0 Å². The Hall–Kier alpha value is -2.82. The van der Waals surface area contributed by atoms with E-state index in [0.29, 0.717) is 54.0 Å². The molecule has 8 nitrogen and oxygen atoms in total. The van der Waals surface area contributed by atoms with E-state index in [1.807, 2.05) is 44.3 Å². The monoisotopic (exact) mass is 625 g/mol. The molecule has 1 aliphatic heterocycles. The number of carbonyl (C=O) groups excluding carboxylic acids is 1. The summed E-state index contributed by atoms with van der Waals surface area (Å²) >= 11 is 13.9. The Labute approximate surface area is 258 Å². The molecule has 0 spiro atoms. The fourth-order valence-corrected chi connectivity index (χ4v) is 7.50. The summed E-state index contributed by atoms with van der Waals surface area (Å²) in [6.07, 6.45) is 4.61. The van der Waals surface area contributed by atoms with Crippen molar-refractivity contribution in [1.29, 1.82) is 0 Å². The van der Waals surface area contributed by atoms with E-state index in [-0.39, 0.29) is 29.4 Å². The van der Waals surface area contributed by atoms with Gasteiger partial charge >= 0.3 is 0 Å². The molecule has 2 aliphatic rings. The summed E-state index contributed by atoms with van der Waals surface area (Å²) in [4.78, 5) is 33.6. The summed E-state index contributed by atoms with van der Waals surface area (Å²) in [6, 6.07) is 12.0. The molecule has 3 heterocycles. The highest BCUT2D eigenvalue weighted by Crippen LogP contribution is 2.41. The fourth-order valence-electron chi connectivity index (χ4n) is 6.20. The van der Waals surface area contributed by atoms with Crippen molar-refractivity contribution >= 4 is 51.7 Å². The summed E-state index contributed by atoms with van der Waals surface area (Å²) in [5.41, 5.74) is 3.74. The molecule has 0 saturated carbocycles. The number of piperidine rings is 1. The molecule has 220 valence electrons. The van der Waals surface area contributed by atoms with E-state index in [1.165, 1.54) is 33.6 Å². The predicted molar refractivity (Wildman–Crippen MR) is 167 cm³/mol. The van der Waals surface area contributed by atoms with Crippen LogP contribution in [0.5, 0.6) is 0 Å². The van der Waals surface area contributed by atoms with Crippen LogP contribution in [-0.4, -0.2) is 55.6 Å². The maximum atomic E-state index is 13.4. The quantitative estimate of drug-likeness (QED) is 0.278. The number of likely N-dealkylation sites (tertiary alicyclic amines) is 1. The summed E-state index contributed by atoms with van der Waals surface area (Å²) in [5, 5.41) is 16.0. The molecule has 0 radical (unpaired) electrons. The number of carbonyl (C=O) groups is 1. The van der Waals surface area contributed by atoms with Gasteiger partial charge in [0.1, 0.15) is 5.52 Å². The number of halogens is 2. The summed E-state index contributed by atoms with van der Waals surface area (Å²) in [7, 11) is 1.96. The lowest BCUT2D eigenvalue weighted by atomic mass is 9.90. The van der Waals surface area contributed by atoms with Crippen molar-refractivity contribution < 1.29 is 9.90 Å². The van der Waals surface area contributed by atoms with Crippen molar-refractivity contribution in [3.8, 4) is 10.4 Å². The standard InChI is InChI=1S/C31H33Cl2N5O3S/c1-18(19-3-6-21(32)7-4-19)13-26(39)37-11-9-31(41,10-12-37)16-38-17-35-27-28(30(38)40)36-42-29(27)23-14-20-5-8-25(34-2)22(20)15-24(23)33/h3-4,6-7,14-15,17-18,25,34,41H,5,8-13,16H2,1-2H3. The van der Waals surface area contributed by atoms with Gasteiger partial charge < -0.3 is 15.3 Å². The van der Waals surface area contributed by atoms with Crippen LogP contribution in [-0.2, 0) is 17.8 Å². The van der Waals surface area contributed by atoms with E-state index in [1.54, 1.807) is 4.90 Å². The Morgan fingerprint density at radius 1 is 1.19 bits per heavy atom. The first-order valence-corrected chi connectivity index (χ1v) is 15.8. The van der Waals surface area contributed by atoms with Gasteiger partial charge in [0, 0.05) is 41.2 Å². The topological polar surface area (TPSA) is 100 Å². The normalized spacial score (nSPS) is 18.8. The Kier molecular flexibility index (Phi) is 8.15. The number of rotatable bonds is 7. The minimum atomic E-state index is -1.12. The van der Waals surface area contributed by atoms with Gasteiger partial charge in [-0.25, -0.2) is 4.98 Å². The lowest BCUT2D eigenvalue weighted by Crippen LogP contribution is -2.49. The number of hydrogen-bond acceptors (Lipinski definition) is 7. The van der Waals surface area contributed by atoms with Crippen molar-refractivity contribution in [1.82, 2.24) is 24.1 Å². The summed E-state index contributed by atoms with van der Waals surface area (Å²) in [5.74, 6) is 0.119. The van der Waals surface area contributed by atoms with Crippen molar-refractivity contribution in [2.45, 2.75) is 63.1 Å². The molecule has 4 aromatic rings. The summed E-state index contributed by atoms with van der Waals surface area (Å²) in [6.45, 7) is 2.98. The van der Waals surface area contributed by atoms with Crippen LogP contribution in [0.2, 0.25) is 10.0 Å². The van der Waals surface area contributed by atoms with Gasteiger partial charge in [-0.3, -0.25) is 14.2 Å². The lowest BCUT2D eigenvalue weighted by molar-refractivity contribution is -0.136. The Bertz CT molecular complexity index is 1700. The Morgan fingerprint density at radius 2 is 1.93 bits per heavy atom. The molecule has 2 unspecified atom stereocenters. The van der Waals surface area contributed by atoms with Gasteiger partial charge in [-0.2, -0.15) is 4.37 Å². The highest BCUT2D eigenvalue weighted by Gasteiger charge is 2.35. The van der Waals surface area contributed by atoms with Gasteiger partial charge in [-0.15, -0.1) is 0 Å². The number of nitrogens with zero attached hydrogens (tertiary/aromatic N) is 4. The van der Waals surface area contributed by atoms with Crippen LogP contribution in [0, 0.1) is 0 Å². The van der Waals surface area contributed by atoms with E-state index < -0.39 is 5.60 Å². The third kappa shape index (κ3) is 5.61. The molecule has 1 fully saturated rings. The van der Waals surface area contributed by atoms with E-state index in [0.717, 1.165) is 28.8 Å². The largest absolute Gasteiger partial charge is 0.388 e. The number of fused-ring (bicyclic) bond motifs is 2. The van der Waals surface area contributed by atoms with Crippen LogP contribution in [0.3, 0.4) is 0 Å². The van der Waals surface area contributed by atoms with Gasteiger partial charge in [0.2, 0.25) is 5.91 Å². The lowest BCUT2D eigenvalue weighted by Gasteiger charge is -2.38. The second kappa shape index (κ2) is 11.7. The molecule has 11 heteroatoms. The molecule has 2 atom stereocenters.